The van der Waals surface area contributed by atoms with Gasteiger partial charge in [-0.05, 0) is 25.5 Å². The third-order valence-corrected chi connectivity index (χ3v) is 3.73. The van der Waals surface area contributed by atoms with Crippen LogP contribution in [0, 0.1) is 0 Å². The normalized spacial score (nSPS) is 19.2. The first kappa shape index (κ1) is 13.1. The van der Waals surface area contributed by atoms with Crippen LogP contribution in [0.2, 0.25) is 0 Å². The van der Waals surface area contributed by atoms with E-state index in [0.29, 0.717) is 11.2 Å². The highest BCUT2D eigenvalue weighted by molar-refractivity contribution is 5.99. The number of amides is 1. The molecule has 106 valence electrons. The number of carbonyl (C=O) groups excluding carboxylic acids is 1. The molecule has 6 heteroatoms. The van der Waals surface area contributed by atoms with Crippen molar-refractivity contribution in [3.8, 4) is 0 Å². The molecule has 0 unspecified atom stereocenters. The Morgan fingerprint density at radius 1 is 1.45 bits per heavy atom. The molecule has 3 heterocycles. The van der Waals surface area contributed by atoms with Gasteiger partial charge in [-0.1, -0.05) is 6.42 Å². The minimum atomic E-state index is -0.0683. The van der Waals surface area contributed by atoms with Crippen LogP contribution in [-0.4, -0.2) is 46.0 Å². The largest absolute Gasteiger partial charge is 0.345 e. The van der Waals surface area contributed by atoms with Crippen molar-refractivity contribution in [2.75, 3.05) is 20.6 Å². The fourth-order valence-electron chi connectivity index (χ4n) is 2.67. The van der Waals surface area contributed by atoms with Gasteiger partial charge in [0, 0.05) is 26.3 Å². The molecule has 1 amide bonds. The Bertz CT molecular complexity index is 628. The topological polar surface area (TPSA) is 62.5 Å². The molecule has 2 aromatic rings. The monoisotopic (exact) mass is 273 g/mol. The van der Waals surface area contributed by atoms with Crippen LogP contribution < -0.4 is 5.32 Å². The summed E-state index contributed by atoms with van der Waals surface area (Å²) < 4.78 is 1.79. The van der Waals surface area contributed by atoms with Crippen molar-refractivity contribution in [2.45, 2.75) is 25.3 Å². The maximum Gasteiger partial charge on any atom is 0.258 e. The zero-order valence-corrected chi connectivity index (χ0v) is 11.8. The number of fused-ring (bicyclic) bond motifs is 1. The molecule has 0 radical (unpaired) electrons. The molecule has 1 atom stereocenters. The van der Waals surface area contributed by atoms with E-state index < -0.39 is 0 Å². The quantitative estimate of drug-likeness (QED) is 0.894. The van der Waals surface area contributed by atoms with Gasteiger partial charge >= 0.3 is 0 Å². The van der Waals surface area contributed by atoms with Crippen LogP contribution in [0.5, 0.6) is 0 Å². The van der Waals surface area contributed by atoms with Gasteiger partial charge in [-0.3, -0.25) is 4.79 Å². The Morgan fingerprint density at radius 3 is 3.00 bits per heavy atom. The highest BCUT2D eigenvalue weighted by atomic mass is 16.2. The summed E-state index contributed by atoms with van der Waals surface area (Å²) in [5.41, 5.74) is 2.26. The molecule has 20 heavy (non-hydrogen) atoms. The predicted octanol–water partition coefficient (Wildman–Crippen LogP) is 1.25. The molecule has 1 saturated heterocycles. The molecule has 0 aromatic carbocycles. The van der Waals surface area contributed by atoms with Crippen molar-refractivity contribution in [3.63, 3.8) is 0 Å². The zero-order valence-electron chi connectivity index (χ0n) is 11.8. The van der Waals surface area contributed by atoms with Crippen molar-refractivity contribution >= 4 is 11.6 Å². The Morgan fingerprint density at radius 2 is 2.30 bits per heavy atom. The van der Waals surface area contributed by atoms with Gasteiger partial charge in [0.1, 0.15) is 5.56 Å². The van der Waals surface area contributed by atoms with Gasteiger partial charge in [0.2, 0.25) is 0 Å². The van der Waals surface area contributed by atoms with E-state index in [1.54, 1.807) is 35.9 Å². The standard InChI is InChI=1S/C14H19N5O/c1-18(2)14(20)10-9-17-19-12(6-8-16-13(10)19)11-5-3-4-7-15-11/h6,8-9,11,15H,3-5,7H2,1-2H3/t11-/m0/s1. The number of piperidine rings is 1. The predicted molar refractivity (Wildman–Crippen MR) is 75.6 cm³/mol. The van der Waals surface area contributed by atoms with Crippen LogP contribution in [-0.2, 0) is 0 Å². The molecule has 0 bridgehead atoms. The van der Waals surface area contributed by atoms with Crippen LogP contribution >= 0.6 is 0 Å². The highest BCUT2D eigenvalue weighted by Gasteiger charge is 2.21. The van der Waals surface area contributed by atoms with Crippen molar-refractivity contribution in [1.82, 2.24) is 24.8 Å². The Labute approximate surface area is 117 Å². The van der Waals surface area contributed by atoms with E-state index in [-0.39, 0.29) is 11.9 Å². The number of carbonyl (C=O) groups is 1. The molecule has 1 aliphatic rings. The first-order chi connectivity index (χ1) is 9.68. The molecule has 0 aliphatic carbocycles. The maximum absolute atomic E-state index is 12.1. The van der Waals surface area contributed by atoms with Crippen LogP contribution in [0.25, 0.3) is 5.65 Å². The van der Waals surface area contributed by atoms with E-state index in [2.05, 4.69) is 15.4 Å². The van der Waals surface area contributed by atoms with Gasteiger partial charge in [0.15, 0.2) is 5.65 Å². The second kappa shape index (κ2) is 5.20. The lowest BCUT2D eigenvalue weighted by atomic mass is 10.0. The first-order valence-electron chi connectivity index (χ1n) is 6.96. The van der Waals surface area contributed by atoms with Crippen LogP contribution in [0.4, 0.5) is 0 Å². The maximum atomic E-state index is 12.1. The second-order valence-corrected chi connectivity index (χ2v) is 5.37. The summed E-state index contributed by atoms with van der Waals surface area (Å²) in [6, 6.07) is 2.27. The summed E-state index contributed by atoms with van der Waals surface area (Å²) in [7, 11) is 3.47. The van der Waals surface area contributed by atoms with E-state index in [4.69, 9.17) is 0 Å². The van der Waals surface area contributed by atoms with E-state index in [0.717, 1.165) is 18.7 Å². The Kier molecular flexibility index (Phi) is 3.40. The highest BCUT2D eigenvalue weighted by Crippen LogP contribution is 2.23. The van der Waals surface area contributed by atoms with Crippen molar-refractivity contribution < 1.29 is 4.79 Å². The van der Waals surface area contributed by atoms with Gasteiger partial charge in [-0.2, -0.15) is 5.10 Å². The number of nitrogens with zero attached hydrogens (tertiary/aromatic N) is 4. The van der Waals surface area contributed by atoms with Crippen LogP contribution in [0.15, 0.2) is 18.5 Å². The number of hydrogen-bond donors (Lipinski definition) is 1. The number of nitrogens with one attached hydrogen (secondary N) is 1. The fourth-order valence-corrected chi connectivity index (χ4v) is 2.67. The second-order valence-electron chi connectivity index (χ2n) is 5.37. The zero-order chi connectivity index (χ0) is 14.1. The SMILES string of the molecule is CN(C)C(=O)c1cnn2c([C@@H]3CCCCN3)ccnc12. The fraction of sp³-hybridized carbons (Fsp3) is 0.500. The number of hydrogen-bond acceptors (Lipinski definition) is 4. The average molecular weight is 273 g/mol. The Balaban J connectivity index is 2.05. The summed E-state index contributed by atoms with van der Waals surface area (Å²) in [5, 5.41) is 7.87. The summed E-state index contributed by atoms with van der Waals surface area (Å²) >= 11 is 0. The van der Waals surface area contributed by atoms with Gasteiger partial charge in [0.25, 0.3) is 5.91 Å². The molecular formula is C14H19N5O. The summed E-state index contributed by atoms with van der Waals surface area (Å²) in [5.74, 6) is -0.0683. The molecule has 1 aliphatic heterocycles. The van der Waals surface area contributed by atoms with Gasteiger partial charge in [-0.25, -0.2) is 9.50 Å². The van der Waals surface area contributed by atoms with Crippen LogP contribution in [0.3, 0.4) is 0 Å². The first-order valence-corrected chi connectivity index (χ1v) is 6.96. The van der Waals surface area contributed by atoms with Crippen molar-refractivity contribution in [2.24, 2.45) is 0 Å². The average Bonchev–Trinajstić information content (AvgIpc) is 2.91. The molecule has 2 aromatic heterocycles. The Hall–Kier alpha value is -1.95. The van der Waals surface area contributed by atoms with E-state index in [9.17, 15) is 4.79 Å². The van der Waals surface area contributed by atoms with Crippen molar-refractivity contribution in [3.05, 3.63) is 29.7 Å². The van der Waals surface area contributed by atoms with Gasteiger partial charge in [-0.15, -0.1) is 0 Å². The molecule has 0 saturated carbocycles. The smallest absolute Gasteiger partial charge is 0.258 e. The summed E-state index contributed by atoms with van der Waals surface area (Å²) in [6.07, 6.45) is 6.89. The lowest BCUT2D eigenvalue weighted by Gasteiger charge is -2.23. The third-order valence-electron chi connectivity index (χ3n) is 3.73. The number of aromatic nitrogens is 3. The van der Waals surface area contributed by atoms with Crippen LogP contribution in [0.1, 0.15) is 41.4 Å². The lowest BCUT2D eigenvalue weighted by Crippen LogP contribution is -2.28. The summed E-state index contributed by atoms with van der Waals surface area (Å²) in [6.45, 7) is 1.03. The molecule has 1 fully saturated rings. The molecule has 3 rings (SSSR count). The van der Waals surface area contributed by atoms with Gasteiger partial charge in [0.05, 0.1) is 11.9 Å². The summed E-state index contributed by atoms with van der Waals surface area (Å²) in [4.78, 5) is 18.0. The third kappa shape index (κ3) is 2.16. The lowest BCUT2D eigenvalue weighted by molar-refractivity contribution is 0.0829. The van der Waals surface area contributed by atoms with Crippen molar-refractivity contribution in [1.29, 1.82) is 0 Å². The number of rotatable bonds is 2. The minimum Gasteiger partial charge on any atom is -0.345 e. The molecule has 1 N–H and O–H groups in total. The molecular weight excluding hydrogens is 254 g/mol. The molecule has 6 nitrogen and oxygen atoms in total. The van der Waals surface area contributed by atoms with E-state index in [1.807, 2.05) is 6.07 Å². The van der Waals surface area contributed by atoms with E-state index >= 15 is 0 Å². The van der Waals surface area contributed by atoms with Gasteiger partial charge < -0.3 is 10.2 Å². The minimum absolute atomic E-state index is 0.0683. The van der Waals surface area contributed by atoms with E-state index in [1.165, 1.54) is 12.8 Å². The molecule has 0 spiro atoms.